The molecular weight excluding hydrogens is 720 g/mol. The third-order valence-corrected chi connectivity index (χ3v) is 8.65. The van der Waals surface area contributed by atoms with Crippen molar-refractivity contribution in [3.63, 3.8) is 0 Å². The summed E-state index contributed by atoms with van der Waals surface area (Å²) < 4.78 is 0. The van der Waals surface area contributed by atoms with E-state index in [2.05, 4.69) is 41.9 Å². The van der Waals surface area contributed by atoms with Gasteiger partial charge in [-0.05, 0) is 42.4 Å². The van der Waals surface area contributed by atoms with Crippen molar-refractivity contribution < 1.29 is 33.6 Å². The first-order valence-electron chi connectivity index (χ1n) is 18.6. The molecule has 0 radical (unpaired) electrons. The van der Waals surface area contributed by atoms with Gasteiger partial charge in [-0.3, -0.25) is 43.9 Å². The Hall–Kier alpha value is -6.26. The van der Waals surface area contributed by atoms with E-state index in [9.17, 15) is 33.6 Å². The highest BCUT2D eigenvalue weighted by Gasteiger charge is 2.31. The highest BCUT2D eigenvalue weighted by atomic mass is 16.2. The number of carbonyl (C=O) groups is 7. The second-order valence-corrected chi connectivity index (χ2v) is 13.8. The zero-order valence-corrected chi connectivity index (χ0v) is 32.3. The second-order valence-electron chi connectivity index (χ2n) is 13.8. The summed E-state index contributed by atoms with van der Waals surface area (Å²) in [5.41, 5.74) is 13.3. The molecule has 1 heterocycles. The minimum absolute atomic E-state index is 0.0269. The van der Waals surface area contributed by atoms with Gasteiger partial charge in [0.05, 0.1) is 6.54 Å². The molecule has 0 saturated heterocycles. The molecule has 17 heteroatoms. The van der Waals surface area contributed by atoms with Crippen LogP contribution in [0.15, 0.2) is 65.8 Å². The van der Waals surface area contributed by atoms with E-state index in [1.807, 2.05) is 56.3 Å². The summed E-state index contributed by atoms with van der Waals surface area (Å²) in [5, 5.41) is 16.4. The van der Waals surface area contributed by atoms with Crippen LogP contribution in [0, 0.1) is 5.92 Å². The van der Waals surface area contributed by atoms with E-state index in [0.29, 0.717) is 5.56 Å². The van der Waals surface area contributed by atoms with Crippen LogP contribution in [0.5, 0.6) is 0 Å². The van der Waals surface area contributed by atoms with Gasteiger partial charge in [-0.1, -0.05) is 69.3 Å². The molecule has 3 aromatic rings. The van der Waals surface area contributed by atoms with E-state index in [0.717, 1.165) is 16.5 Å². The van der Waals surface area contributed by atoms with E-state index >= 15 is 0 Å². The zero-order valence-electron chi connectivity index (χ0n) is 32.3. The molecule has 0 spiro atoms. The Kier molecular flexibility index (Phi) is 17.5. The molecule has 0 unspecified atom stereocenters. The number of rotatable bonds is 21. The van der Waals surface area contributed by atoms with Gasteiger partial charge in [0.25, 0.3) is 0 Å². The largest absolute Gasteiger partial charge is 0.370 e. The number of H-pyrrole nitrogens is 1. The Balaban J connectivity index is 1.77. The lowest BCUT2D eigenvalue weighted by Crippen LogP contribution is -2.58. The number of guanidine groups is 1. The molecule has 0 aliphatic carbocycles. The maximum absolute atomic E-state index is 13.9. The molecule has 11 N–H and O–H groups in total. The molecule has 0 aliphatic rings. The van der Waals surface area contributed by atoms with Crippen LogP contribution in [0.2, 0.25) is 0 Å². The molecule has 302 valence electrons. The Labute approximate surface area is 326 Å². The summed E-state index contributed by atoms with van der Waals surface area (Å²) in [5.74, 6) is -4.56. The van der Waals surface area contributed by atoms with E-state index in [1.54, 1.807) is 25.3 Å². The van der Waals surface area contributed by atoms with Crippen LogP contribution in [0.4, 0.5) is 0 Å². The van der Waals surface area contributed by atoms with E-state index < -0.39 is 72.1 Å². The number of aromatic amines is 1. The number of para-hydroxylation sites is 1. The van der Waals surface area contributed by atoms with Crippen molar-refractivity contribution in [3.8, 4) is 0 Å². The van der Waals surface area contributed by atoms with Gasteiger partial charge >= 0.3 is 0 Å². The number of carbonyl (C=O) groups excluding carboxylic acids is 7. The molecule has 3 rings (SSSR count). The third kappa shape index (κ3) is 14.9. The van der Waals surface area contributed by atoms with E-state index in [-0.39, 0.29) is 56.9 Å². The predicted octanol–water partition coefficient (Wildman–Crippen LogP) is 0.181. The van der Waals surface area contributed by atoms with Gasteiger partial charge in [0.2, 0.25) is 41.4 Å². The Morgan fingerprint density at radius 2 is 1.38 bits per heavy atom. The van der Waals surface area contributed by atoms with Crippen molar-refractivity contribution in [2.45, 2.75) is 90.4 Å². The number of aromatic nitrogens is 1. The molecule has 0 saturated carbocycles. The SMILES string of the molecule is CCC(=O)NC(=O)[C@H](Cc1c[nH]c2ccccc12)NC(=O)[C@H](CCCN=C(N)N)NC(=O)[C@@H](CC(C)C)NC(=O)CNC(=O)[C@H](Cc1ccccc1)NC(C)=O. The van der Waals surface area contributed by atoms with Crippen LogP contribution in [-0.2, 0) is 46.4 Å². The first kappa shape index (κ1) is 44.1. The number of nitrogens with one attached hydrogen (secondary N) is 7. The van der Waals surface area contributed by atoms with Gasteiger partial charge in [0.1, 0.15) is 24.2 Å². The Morgan fingerprint density at radius 3 is 2.04 bits per heavy atom. The molecule has 17 nitrogen and oxygen atoms in total. The van der Waals surface area contributed by atoms with E-state index in [1.165, 1.54) is 6.92 Å². The molecule has 7 amide bonds. The molecule has 0 bridgehead atoms. The first-order valence-corrected chi connectivity index (χ1v) is 18.6. The summed E-state index contributed by atoms with van der Waals surface area (Å²) in [6, 6.07) is 12.0. The van der Waals surface area contributed by atoms with Gasteiger partial charge in [-0.25, -0.2) is 0 Å². The molecule has 56 heavy (non-hydrogen) atoms. The van der Waals surface area contributed by atoms with Crippen LogP contribution in [0.25, 0.3) is 10.9 Å². The first-order chi connectivity index (χ1) is 26.7. The fourth-order valence-electron chi connectivity index (χ4n) is 5.90. The van der Waals surface area contributed by atoms with Crippen molar-refractivity contribution in [1.82, 2.24) is 36.9 Å². The maximum atomic E-state index is 13.9. The Morgan fingerprint density at radius 1 is 0.732 bits per heavy atom. The number of aliphatic imine (C=N–C) groups is 1. The molecule has 1 aromatic heterocycles. The summed E-state index contributed by atoms with van der Waals surface area (Å²) in [6.45, 7) is 6.22. The number of hydrogen-bond acceptors (Lipinski definition) is 8. The number of nitrogens with zero attached hydrogens (tertiary/aromatic N) is 1. The van der Waals surface area contributed by atoms with Crippen molar-refractivity contribution in [1.29, 1.82) is 0 Å². The minimum Gasteiger partial charge on any atom is -0.370 e. The van der Waals surface area contributed by atoms with Crippen molar-refractivity contribution >= 4 is 58.2 Å². The van der Waals surface area contributed by atoms with Crippen LogP contribution < -0.4 is 43.4 Å². The van der Waals surface area contributed by atoms with Crippen LogP contribution in [0.1, 0.15) is 64.5 Å². The monoisotopic (exact) mass is 774 g/mol. The third-order valence-electron chi connectivity index (χ3n) is 8.65. The van der Waals surface area contributed by atoms with Gasteiger partial charge < -0.3 is 43.0 Å². The van der Waals surface area contributed by atoms with E-state index in [4.69, 9.17) is 11.5 Å². The van der Waals surface area contributed by atoms with Gasteiger partial charge in [-0.2, -0.15) is 0 Å². The second kappa shape index (κ2) is 22.2. The van der Waals surface area contributed by atoms with Crippen molar-refractivity contribution in [2.75, 3.05) is 13.1 Å². The number of amides is 7. The minimum atomic E-state index is -1.21. The average molecular weight is 775 g/mol. The standard InChI is InChI=1S/C39H54N10O7/c1-5-33(51)49-38(56)32(20-26-21-43-28-15-10-9-14-27(26)28)48-36(54)29(16-11-17-42-39(40)41)47-37(55)30(18-23(2)3)46-34(52)22-44-35(53)31(45-24(4)50)19-25-12-7-6-8-13-25/h6-10,12-15,21,23,29-32,43H,5,11,16-20,22H2,1-4H3,(H,44,53)(H,45,50)(H,46,52)(H,47,55)(H,48,54)(H4,40,41,42)(H,49,51,56)/t29-,30+,31-,32-/m0/s1. The highest BCUT2D eigenvalue weighted by molar-refractivity contribution is 6.01. The maximum Gasteiger partial charge on any atom is 0.249 e. The lowest BCUT2D eigenvalue weighted by molar-refractivity contribution is -0.136. The summed E-state index contributed by atoms with van der Waals surface area (Å²) in [4.78, 5) is 98.4. The van der Waals surface area contributed by atoms with Gasteiger partial charge in [-0.15, -0.1) is 0 Å². The van der Waals surface area contributed by atoms with Gasteiger partial charge in [0, 0.05) is 49.8 Å². The lowest BCUT2D eigenvalue weighted by atomic mass is 10.0. The van der Waals surface area contributed by atoms with Crippen LogP contribution >= 0.6 is 0 Å². The number of hydrogen-bond donors (Lipinski definition) is 9. The molecule has 4 atom stereocenters. The predicted molar refractivity (Wildman–Crippen MR) is 211 cm³/mol. The summed E-state index contributed by atoms with van der Waals surface area (Å²) in [6.07, 6.45) is 2.47. The fourth-order valence-corrected chi connectivity index (χ4v) is 5.90. The number of nitrogens with two attached hydrogens (primary N) is 2. The average Bonchev–Trinajstić information content (AvgIpc) is 3.56. The molecule has 0 aliphatic heterocycles. The highest BCUT2D eigenvalue weighted by Crippen LogP contribution is 2.19. The van der Waals surface area contributed by atoms with Gasteiger partial charge in [0.15, 0.2) is 5.96 Å². The van der Waals surface area contributed by atoms with Crippen molar-refractivity contribution in [3.05, 3.63) is 71.9 Å². The smallest absolute Gasteiger partial charge is 0.249 e. The number of benzene rings is 2. The van der Waals surface area contributed by atoms with Crippen LogP contribution in [-0.4, -0.2) is 89.6 Å². The molecule has 2 aromatic carbocycles. The number of imide groups is 1. The van der Waals surface area contributed by atoms with Crippen molar-refractivity contribution in [2.24, 2.45) is 22.4 Å². The number of fused-ring (bicyclic) bond motifs is 1. The Bertz CT molecular complexity index is 1860. The normalized spacial score (nSPS) is 13.0. The molecule has 0 fully saturated rings. The summed E-state index contributed by atoms with van der Waals surface area (Å²) in [7, 11) is 0. The van der Waals surface area contributed by atoms with Crippen LogP contribution in [0.3, 0.4) is 0 Å². The quantitative estimate of drug-likeness (QED) is 0.0405. The topological polar surface area (TPSA) is 272 Å². The zero-order chi connectivity index (χ0) is 41.2. The summed E-state index contributed by atoms with van der Waals surface area (Å²) >= 11 is 0. The fraction of sp³-hybridized carbons (Fsp3) is 0.436. The molecular formula is C39H54N10O7. The lowest BCUT2D eigenvalue weighted by Gasteiger charge is -2.26.